The molecule has 3 aromatic rings. The van der Waals surface area contributed by atoms with Gasteiger partial charge in [0, 0.05) is 17.8 Å². The summed E-state index contributed by atoms with van der Waals surface area (Å²) in [5.41, 5.74) is 16.4. The van der Waals surface area contributed by atoms with Crippen LogP contribution in [-0.4, -0.2) is 32.3 Å². The Morgan fingerprint density at radius 1 is 1.24 bits per heavy atom. The summed E-state index contributed by atoms with van der Waals surface area (Å²) in [5.74, 6) is 0.858. The molecule has 1 atom stereocenters. The highest BCUT2D eigenvalue weighted by molar-refractivity contribution is 6.33. The number of benzene rings is 1. The molecule has 1 unspecified atom stereocenters. The second kappa shape index (κ2) is 8.42. The Bertz CT molecular complexity index is 1080. The largest absolute Gasteiger partial charge is 0.398 e. The maximum Gasteiger partial charge on any atom is 0.227 e. The summed E-state index contributed by atoms with van der Waals surface area (Å²) >= 11 is 6.18. The molecule has 0 saturated heterocycles. The van der Waals surface area contributed by atoms with Crippen LogP contribution >= 0.6 is 11.6 Å². The van der Waals surface area contributed by atoms with Crippen LogP contribution in [0, 0.1) is 0 Å². The predicted molar refractivity (Wildman–Crippen MR) is 120 cm³/mol. The molecule has 0 bridgehead atoms. The van der Waals surface area contributed by atoms with E-state index in [1.54, 1.807) is 12.1 Å². The van der Waals surface area contributed by atoms with Crippen LogP contribution in [0.4, 0.5) is 17.2 Å². The van der Waals surface area contributed by atoms with Gasteiger partial charge in [0.2, 0.25) is 5.62 Å². The first-order valence-electron chi connectivity index (χ1n) is 9.77. The molecule has 2 aromatic heterocycles. The number of nitrogens with one attached hydrogen (secondary N) is 2. The number of H-pyrrole nitrogens is 1. The number of hydrogen-bond acceptors (Lipinski definition) is 6. The van der Waals surface area contributed by atoms with E-state index < -0.39 is 0 Å². The topological polar surface area (TPSA) is 123 Å². The highest BCUT2D eigenvalue weighted by Gasteiger charge is 2.20. The van der Waals surface area contributed by atoms with Gasteiger partial charge in [-0.1, -0.05) is 25.4 Å². The van der Waals surface area contributed by atoms with Crippen molar-refractivity contribution in [3.63, 3.8) is 0 Å². The van der Waals surface area contributed by atoms with Gasteiger partial charge in [-0.05, 0) is 44.9 Å². The Hall–Kier alpha value is -2.58. The van der Waals surface area contributed by atoms with Crippen molar-refractivity contribution in [1.82, 2.24) is 19.7 Å². The fourth-order valence-electron chi connectivity index (χ4n) is 3.12. The van der Waals surface area contributed by atoms with Crippen LogP contribution in [0.5, 0.6) is 0 Å². The van der Waals surface area contributed by atoms with Gasteiger partial charge in [-0.25, -0.2) is 4.99 Å². The number of nitrogens with zero attached hydrogens (tertiary/aromatic N) is 4. The minimum Gasteiger partial charge on any atom is -0.398 e. The summed E-state index contributed by atoms with van der Waals surface area (Å²) in [4.78, 5) is 9.48. The van der Waals surface area contributed by atoms with E-state index >= 15 is 0 Å². The van der Waals surface area contributed by atoms with Crippen LogP contribution in [0.15, 0.2) is 23.2 Å². The quantitative estimate of drug-likeness (QED) is 0.456. The molecule has 3 rings (SSSR count). The normalized spacial score (nSPS) is 13.6. The molecule has 9 heteroatoms. The first-order valence-corrected chi connectivity index (χ1v) is 10.2. The van der Waals surface area contributed by atoms with Crippen LogP contribution in [0.2, 0.25) is 5.02 Å². The summed E-state index contributed by atoms with van der Waals surface area (Å²) in [6.45, 7) is 10.9. The molecule has 8 nitrogen and oxygen atoms in total. The van der Waals surface area contributed by atoms with E-state index in [1.807, 2.05) is 13.0 Å². The molecule has 0 aliphatic rings. The lowest BCUT2D eigenvalue weighted by Gasteiger charge is -2.17. The highest BCUT2D eigenvalue weighted by atomic mass is 35.5. The van der Waals surface area contributed by atoms with Crippen molar-refractivity contribution >= 4 is 39.8 Å². The fraction of sp³-hybridized carbons (Fsp3) is 0.450. The number of anilines is 3. The lowest BCUT2D eigenvalue weighted by Crippen LogP contribution is -2.30. The number of hydrogen-bond donors (Lipinski definition) is 4. The van der Waals surface area contributed by atoms with Gasteiger partial charge in [0.1, 0.15) is 0 Å². The van der Waals surface area contributed by atoms with E-state index in [4.69, 9.17) is 33.0 Å². The molecule has 2 heterocycles. The highest BCUT2D eigenvalue weighted by Crippen LogP contribution is 2.30. The van der Waals surface area contributed by atoms with Crippen molar-refractivity contribution in [3.8, 4) is 0 Å². The van der Waals surface area contributed by atoms with Crippen LogP contribution in [0.1, 0.15) is 52.3 Å². The number of rotatable bonds is 6. The van der Waals surface area contributed by atoms with Crippen LogP contribution in [0.25, 0.3) is 11.0 Å². The van der Waals surface area contributed by atoms with Crippen LogP contribution in [0.3, 0.4) is 0 Å². The van der Waals surface area contributed by atoms with Crippen molar-refractivity contribution < 1.29 is 0 Å². The van der Waals surface area contributed by atoms with Crippen molar-refractivity contribution in [2.75, 3.05) is 17.6 Å². The molecule has 6 N–H and O–H groups in total. The van der Waals surface area contributed by atoms with Gasteiger partial charge in [0.15, 0.2) is 11.3 Å². The third-order valence-corrected chi connectivity index (χ3v) is 4.87. The summed E-state index contributed by atoms with van der Waals surface area (Å²) in [7, 11) is 0. The molecule has 0 radical (unpaired) electrons. The number of nitrogens with two attached hydrogens (primary N) is 2. The average Bonchev–Trinajstić information content (AvgIpc) is 3.08. The third-order valence-electron chi connectivity index (χ3n) is 4.54. The van der Waals surface area contributed by atoms with Crippen LogP contribution in [-0.2, 0) is 0 Å². The minimum absolute atomic E-state index is 0.0608. The molecule has 0 spiro atoms. The number of aromatic amines is 1. The molecule has 29 heavy (non-hydrogen) atoms. The Morgan fingerprint density at radius 3 is 2.55 bits per heavy atom. The van der Waals surface area contributed by atoms with E-state index in [2.05, 4.69) is 47.8 Å². The SMILES string of the molecule is CC(N)CN=c1nc(Nc2ccc(N)c(Cl)c2)c2n[nH]c(C(C)C)c2n1C(C)C. The first kappa shape index (κ1) is 21.1. The van der Waals surface area contributed by atoms with Crippen molar-refractivity contribution in [2.45, 2.75) is 52.6 Å². The summed E-state index contributed by atoms with van der Waals surface area (Å²) < 4.78 is 2.11. The maximum absolute atomic E-state index is 6.18. The Morgan fingerprint density at radius 2 is 1.97 bits per heavy atom. The van der Waals surface area contributed by atoms with Gasteiger partial charge in [-0.15, -0.1) is 0 Å². The average molecular weight is 417 g/mol. The van der Waals surface area contributed by atoms with Gasteiger partial charge >= 0.3 is 0 Å². The van der Waals surface area contributed by atoms with Crippen molar-refractivity contribution in [3.05, 3.63) is 34.5 Å². The Labute approximate surface area is 175 Å². The summed E-state index contributed by atoms with van der Waals surface area (Å²) in [6.07, 6.45) is 0. The minimum atomic E-state index is -0.0608. The van der Waals surface area contributed by atoms with Gasteiger partial charge in [0.05, 0.1) is 28.5 Å². The zero-order valence-electron chi connectivity index (χ0n) is 17.5. The molecule has 0 aliphatic heterocycles. The zero-order chi connectivity index (χ0) is 21.3. The maximum atomic E-state index is 6.18. The molecular weight excluding hydrogens is 388 g/mol. The number of nitrogen functional groups attached to an aromatic ring is 1. The number of aromatic nitrogens is 4. The van der Waals surface area contributed by atoms with Crippen molar-refractivity contribution in [1.29, 1.82) is 0 Å². The fourth-order valence-corrected chi connectivity index (χ4v) is 3.30. The van der Waals surface area contributed by atoms with E-state index in [1.165, 1.54) is 0 Å². The zero-order valence-corrected chi connectivity index (χ0v) is 18.2. The number of halogens is 1. The molecule has 0 saturated carbocycles. The number of fused-ring (bicyclic) bond motifs is 1. The third kappa shape index (κ3) is 4.38. The molecule has 0 fully saturated rings. The molecule has 0 amide bonds. The van der Waals surface area contributed by atoms with E-state index in [0.29, 0.717) is 28.7 Å². The molecule has 1 aromatic carbocycles. The summed E-state index contributed by atoms with van der Waals surface area (Å²) in [6, 6.07) is 5.46. The van der Waals surface area contributed by atoms with Gasteiger partial charge in [-0.3, -0.25) is 5.10 Å². The second-order valence-corrected chi connectivity index (χ2v) is 8.30. The monoisotopic (exact) mass is 416 g/mol. The van der Waals surface area contributed by atoms with Crippen molar-refractivity contribution in [2.24, 2.45) is 10.7 Å². The Kier molecular flexibility index (Phi) is 6.14. The van der Waals surface area contributed by atoms with Gasteiger partial charge in [0.25, 0.3) is 0 Å². The smallest absolute Gasteiger partial charge is 0.227 e. The van der Waals surface area contributed by atoms with E-state index in [-0.39, 0.29) is 18.0 Å². The van der Waals surface area contributed by atoms with Gasteiger partial charge in [-0.2, -0.15) is 10.1 Å². The predicted octanol–water partition coefficient (Wildman–Crippen LogP) is 3.69. The van der Waals surface area contributed by atoms with Gasteiger partial charge < -0.3 is 21.4 Å². The summed E-state index contributed by atoms with van der Waals surface area (Å²) in [5, 5.41) is 11.5. The molecular formula is C20H29ClN8. The lowest BCUT2D eigenvalue weighted by atomic mass is 10.1. The van der Waals surface area contributed by atoms with E-state index in [0.717, 1.165) is 22.4 Å². The first-order chi connectivity index (χ1) is 13.7. The Balaban J connectivity index is 2.28. The second-order valence-electron chi connectivity index (χ2n) is 7.89. The molecule has 0 aliphatic carbocycles. The van der Waals surface area contributed by atoms with E-state index in [9.17, 15) is 0 Å². The lowest BCUT2D eigenvalue weighted by molar-refractivity contribution is 0.564. The standard InChI is InChI=1S/C20H29ClN8/c1-10(2)16-18-17(28-27-16)19(25-13-6-7-15(23)14(21)8-13)26-20(24-9-12(5)22)29(18)11(3)4/h6-8,10-12H,9,22-23H2,1-5H3,(H,27,28)(H,24,25,26). The molecule has 156 valence electrons. The van der Waals surface area contributed by atoms with Crippen LogP contribution < -0.4 is 22.4 Å².